The summed E-state index contributed by atoms with van der Waals surface area (Å²) in [6.07, 6.45) is 0. The minimum atomic E-state index is -0.589. The molecule has 6 heteroatoms. The Morgan fingerprint density at radius 2 is 1.60 bits per heavy atom. The van der Waals surface area contributed by atoms with Crippen LogP contribution in [-0.2, 0) is 6.54 Å². The smallest absolute Gasteiger partial charge is 0.312 e. The van der Waals surface area contributed by atoms with Crippen LogP contribution < -0.4 is 16.4 Å². The van der Waals surface area contributed by atoms with E-state index in [2.05, 4.69) is 10.6 Å². The summed E-state index contributed by atoms with van der Waals surface area (Å²) in [7, 11) is 0. The fourth-order valence-electron chi connectivity index (χ4n) is 3.29. The minimum absolute atomic E-state index is 0.223. The maximum atomic E-state index is 13.0. The summed E-state index contributed by atoms with van der Waals surface area (Å²) in [4.78, 5) is 23.8. The monoisotopic (exact) mass is 399 g/mol. The summed E-state index contributed by atoms with van der Waals surface area (Å²) in [5.41, 5.74) is 8.14. The van der Waals surface area contributed by atoms with Crippen molar-refractivity contribution in [3.05, 3.63) is 107 Å². The van der Waals surface area contributed by atoms with Crippen molar-refractivity contribution >= 4 is 22.9 Å². The zero-order valence-corrected chi connectivity index (χ0v) is 16.2. The molecule has 0 spiro atoms. The van der Waals surface area contributed by atoms with E-state index in [1.807, 2.05) is 60.7 Å². The highest BCUT2D eigenvalue weighted by Crippen LogP contribution is 2.28. The Hall–Kier alpha value is -4.06. The van der Waals surface area contributed by atoms with Crippen molar-refractivity contribution in [3.63, 3.8) is 0 Å². The molecule has 1 heterocycles. The van der Waals surface area contributed by atoms with Crippen molar-refractivity contribution in [1.29, 1.82) is 0 Å². The molecule has 1 aromatic heterocycles. The van der Waals surface area contributed by atoms with Gasteiger partial charge in [0.05, 0.1) is 0 Å². The average molecular weight is 399 g/mol. The molecule has 0 bridgehead atoms. The number of urea groups is 1. The van der Waals surface area contributed by atoms with Crippen molar-refractivity contribution in [1.82, 2.24) is 10.6 Å². The molecule has 4 aromatic rings. The van der Waals surface area contributed by atoms with Crippen LogP contribution >= 0.6 is 0 Å². The van der Waals surface area contributed by atoms with Crippen molar-refractivity contribution in [2.45, 2.75) is 12.6 Å². The fourth-order valence-corrected chi connectivity index (χ4v) is 3.29. The Balaban J connectivity index is 1.59. The molecule has 6 nitrogen and oxygen atoms in total. The molecule has 1 unspecified atom stereocenters. The number of hydrogen-bond donors (Lipinski definition) is 3. The number of hydrogen-bond acceptors (Lipinski definition) is 3. The van der Waals surface area contributed by atoms with Crippen LogP contribution in [0.2, 0.25) is 0 Å². The predicted molar refractivity (Wildman–Crippen MR) is 115 cm³/mol. The van der Waals surface area contributed by atoms with Crippen LogP contribution in [0.15, 0.2) is 89.3 Å². The fraction of sp³-hybridized carbons (Fsp3) is 0.0833. The first-order chi connectivity index (χ1) is 14.6. The predicted octanol–water partition coefficient (Wildman–Crippen LogP) is 4.12. The van der Waals surface area contributed by atoms with Crippen molar-refractivity contribution in [3.8, 4) is 0 Å². The highest BCUT2D eigenvalue weighted by Gasteiger charge is 2.21. The first kappa shape index (κ1) is 19.3. The largest absolute Gasteiger partial charge is 0.459 e. The van der Waals surface area contributed by atoms with Gasteiger partial charge in [-0.25, -0.2) is 4.79 Å². The van der Waals surface area contributed by atoms with Gasteiger partial charge in [0.1, 0.15) is 17.4 Å². The number of nitrogens with two attached hydrogens (primary N) is 1. The lowest BCUT2D eigenvalue weighted by atomic mass is 10.0. The number of furan rings is 1. The first-order valence-electron chi connectivity index (χ1n) is 9.57. The lowest BCUT2D eigenvalue weighted by molar-refractivity contribution is 0.0939. The number of rotatable bonds is 6. The molecule has 0 radical (unpaired) electrons. The Morgan fingerprint density at radius 1 is 0.900 bits per heavy atom. The normalized spacial score (nSPS) is 11.7. The summed E-state index contributed by atoms with van der Waals surface area (Å²) < 4.78 is 6.03. The van der Waals surface area contributed by atoms with E-state index in [0.717, 1.165) is 22.1 Å². The van der Waals surface area contributed by atoms with Gasteiger partial charge in [-0.2, -0.15) is 0 Å². The number of fused-ring (bicyclic) bond motifs is 1. The van der Waals surface area contributed by atoms with Crippen molar-refractivity contribution in [2.24, 2.45) is 5.73 Å². The van der Waals surface area contributed by atoms with Crippen molar-refractivity contribution < 1.29 is 14.0 Å². The van der Waals surface area contributed by atoms with Crippen LogP contribution in [0, 0.1) is 0 Å². The molecule has 0 aliphatic heterocycles. The van der Waals surface area contributed by atoms with Crippen LogP contribution in [0.25, 0.3) is 11.0 Å². The molecule has 0 fully saturated rings. The minimum Gasteiger partial charge on any atom is -0.459 e. The Morgan fingerprint density at radius 3 is 2.30 bits per heavy atom. The number of nitrogens with one attached hydrogen (secondary N) is 2. The summed E-state index contributed by atoms with van der Waals surface area (Å²) in [5.74, 6) is 0.441. The van der Waals surface area contributed by atoms with Crippen LogP contribution in [0.3, 0.4) is 0 Å². The summed E-state index contributed by atoms with van der Waals surface area (Å²) in [6, 6.07) is 25.4. The summed E-state index contributed by atoms with van der Waals surface area (Å²) in [5, 5.41) is 6.58. The number of para-hydroxylation sites is 1. The van der Waals surface area contributed by atoms with E-state index >= 15 is 0 Å². The Bertz CT molecular complexity index is 1130. The zero-order valence-electron chi connectivity index (χ0n) is 16.2. The molecule has 30 heavy (non-hydrogen) atoms. The third-order valence-corrected chi connectivity index (χ3v) is 4.82. The summed E-state index contributed by atoms with van der Waals surface area (Å²) >= 11 is 0. The number of primary amides is 1. The van der Waals surface area contributed by atoms with Gasteiger partial charge < -0.3 is 20.8 Å². The van der Waals surface area contributed by atoms with E-state index in [0.29, 0.717) is 17.9 Å². The maximum absolute atomic E-state index is 13.0. The van der Waals surface area contributed by atoms with Crippen LogP contribution in [-0.4, -0.2) is 11.9 Å². The van der Waals surface area contributed by atoms with E-state index in [-0.39, 0.29) is 5.91 Å². The standard InChI is InChI=1S/C24H21N3O3/c25-24(29)26-15-16-10-12-18(13-11-16)23(28)27-22(17-6-2-1-3-7-17)21-14-19-8-4-5-9-20(19)30-21/h1-14,22H,15H2,(H,27,28)(H3,25,26,29). The molecule has 1 atom stereocenters. The van der Waals surface area contributed by atoms with E-state index in [1.54, 1.807) is 24.3 Å². The molecule has 3 amide bonds. The molecule has 0 saturated carbocycles. The van der Waals surface area contributed by atoms with Crippen LogP contribution in [0.1, 0.15) is 33.3 Å². The highest BCUT2D eigenvalue weighted by atomic mass is 16.3. The number of carbonyl (C=O) groups is 2. The zero-order chi connectivity index (χ0) is 20.9. The first-order valence-corrected chi connectivity index (χ1v) is 9.57. The number of carbonyl (C=O) groups excluding carboxylic acids is 2. The van der Waals surface area contributed by atoms with Gasteiger partial charge in [0, 0.05) is 17.5 Å². The van der Waals surface area contributed by atoms with Crippen molar-refractivity contribution in [2.75, 3.05) is 0 Å². The Kier molecular flexibility index (Phi) is 5.48. The molecular formula is C24H21N3O3. The molecular weight excluding hydrogens is 378 g/mol. The van der Waals surface area contributed by atoms with E-state index in [9.17, 15) is 9.59 Å². The third-order valence-electron chi connectivity index (χ3n) is 4.82. The second-order valence-electron chi connectivity index (χ2n) is 6.92. The molecule has 3 aromatic carbocycles. The second kappa shape index (κ2) is 8.53. The van der Waals surface area contributed by atoms with E-state index < -0.39 is 12.1 Å². The van der Waals surface area contributed by atoms with Gasteiger partial charge in [0.2, 0.25) is 0 Å². The topological polar surface area (TPSA) is 97.4 Å². The van der Waals surface area contributed by atoms with E-state index in [4.69, 9.17) is 10.2 Å². The van der Waals surface area contributed by atoms with Gasteiger partial charge in [-0.3, -0.25) is 4.79 Å². The maximum Gasteiger partial charge on any atom is 0.312 e. The van der Waals surface area contributed by atoms with Gasteiger partial charge in [-0.1, -0.05) is 60.7 Å². The SMILES string of the molecule is NC(=O)NCc1ccc(C(=O)NC(c2ccccc2)c2cc3ccccc3o2)cc1. The van der Waals surface area contributed by atoms with Gasteiger partial charge in [0.25, 0.3) is 5.91 Å². The van der Waals surface area contributed by atoms with Crippen LogP contribution in [0.4, 0.5) is 4.79 Å². The van der Waals surface area contributed by atoms with E-state index in [1.165, 1.54) is 0 Å². The summed E-state index contributed by atoms with van der Waals surface area (Å²) in [6.45, 7) is 0.308. The van der Waals surface area contributed by atoms with Gasteiger partial charge in [-0.15, -0.1) is 0 Å². The molecule has 4 rings (SSSR count). The molecule has 0 aliphatic carbocycles. The molecule has 0 aliphatic rings. The van der Waals surface area contributed by atoms with Gasteiger partial charge in [0.15, 0.2) is 0 Å². The quantitative estimate of drug-likeness (QED) is 0.455. The van der Waals surface area contributed by atoms with Crippen LogP contribution in [0.5, 0.6) is 0 Å². The Labute approximate surface area is 173 Å². The average Bonchev–Trinajstić information content (AvgIpc) is 3.20. The molecule has 4 N–H and O–H groups in total. The highest BCUT2D eigenvalue weighted by molar-refractivity contribution is 5.94. The lowest BCUT2D eigenvalue weighted by Gasteiger charge is -2.17. The third kappa shape index (κ3) is 4.33. The molecule has 0 saturated heterocycles. The molecule has 150 valence electrons. The number of amides is 3. The lowest BCUT2D eigenvalue weighted by Crippen LogP contribution is -2.29. The second-order valence-corrected chi connectivity index (χ2v) is 6.92. The van der Waals surface area contributed by atoms with Gasteiger partial charge in [-0.05, 0) is 35.4 Å². The van der Waals surface area contributed by atoms with Gasteiger partial charge >= 0.3 is 6.03 Å². The number of benzene rings is 3.